The van der Waals surface area contributed by atoms with E-state index < -0.39 is 5.97 Å². The molecule has 0 unspecified atom stereocenters. The lowest BCUT2D eigenvalue weighted by Crippen LogP contribution is -2.30. The average molecular weight is 282 g/mol. The fourth-order valence-corrected chi connectivity index (χ4v) is 2.32. The van der Waals surface area contributed by atoms with E-state index in [0.717, 1.165) is 21.7 Å². The topological polar surface area (TPSA) is 71.2 Å². The summed E-state index contributed by atoms with van der Waals surface area (Å²) < 4.78 is 4.49. The second kappa shape index (κ2) is 5.28. The van der Waals surface area contributed by atoms with Gasteiger partial charge in [0.25, 0.3) is 5.91 Å². The highest BCUT2D eigenvalue weighted by atomic mass is 16.5. The summed E-state index contributed by atoms with van der Waals surface area (Å²) in [6.07, 6.45) is 0. The molecule has 21 heavy (non-hydrogen) atoms. The molecule has 0 bridgehead atoms. The number of fused-ring (bicyclic) bond motifs is 3. The Morgan fingerprint density at radius 2 is 1.90 bits per heavy atom. The minimum Gasteiger partial charge on any atom is -0.468 e. The van der Waals surface area contributed by atoms with E-state index in [0.29, 0.717) is 5.69 Å². The Hall–Kier alpha value is -2.82. The van der Waals surface area contributed by atoms with Crippen molar-refractivity contribution in [3.05, 3.63) is 48.2 Å². The molecule has 3 rings (SSSR count). The van der Waals surface area contributed by atoms with Crippen molar-refractivity contribution in [2.75, 3.05) is 13.7 Å². The van der Waals surface area contributed by atoms with Crippen LogP contribution in [0, 0.1) is 0 Å². The predicted octanol–water partition coefficient (Wildman–Crippen LogP) is 2.22. The zero-order valence-electron chi connectivity index (χ0n) is 11.5. The predicted molar refractivity (Wildman–Crippen MR) is 80.2 cm³/mol. The lowest BCUT2D eigenvalue weighted by Gasteiger charge is -2.01. The normalized spacial score (nSPS) is 10.7. The SMILES string of the molecule is COC(=O)CNC(=O)c1cc2ccc3ccccc3c2[nH]1. The number of esters is 1. The van der Waals surface area contributed by atoms with E-state index in [1.165, 1.54) is 7.11 Å². The first-order valence-electron chi connectivity index (χ1n) is 6.54. The number of carbonyl (C=O) groups is 2. The number of nitrogens with one attached hydrogen (secondary N) is 2. The molecule has 1 amide bonds. The Morgan fingerprint density at radius 3 is 2.71 bits per heavy atom. The van der Waals surface area contributed by atoms with Gasteiger partial charge in [0.2, 0.25) is 0 Å². The number of carbonyl (C=O) groups excluding carboxylic acids is 2. The van der Waals surface area contributed by atoms with Crippen LogP contribution in [0.3, 0.4) is 0 Å². The zero-order valence-corrected chi connectivity index (χ0v) is 11.5. The second-order valence-corrected chi connectivity index (χ2v) is 4.69. The molecule has 0 aliphatic heterocycles. The van der Waals surface area contributed by atoms with Crippen molar-refractivity contribution in [1.29, 1.82) is 0 Å². The third-order valence-corrected chi connectivity index (χ3v) is 3.39. The van der Waals surface area contributed by atoms with Crippen LogP contribution in [-0.4, -0.2) is 30.5 Å². The van der Waals surface area contributed by atoms with Crippen LogP contribution in [0.2, 0.25) is 0 Å². The fourth-order valence-electron chi connectivity index (χ4n) is 2.32. The summed E-state index contributed by atoms with van der Waals surface area (Å²) >= 11 is 0. The number of aromatic nitrogens is 1. The standard InChI is InChI=1S/C16H14N2O3/c1-21-14(19)9-17-16(20)13-8-11-7-6-10-4-2-3-5-12(10)15(11)18-13/h2-8,18H,9H2,1H3,(H,17,20). The molecule has 0 atom stereocenters. The monoisotopic (exact) mass is 282 g/mol. The van der Waals surface area contributed by atoms with E-state index in [4.69, 9.17) is 0 Å². The zero-order chi connectivity index (χ0) is 14.8. The molecule has 0 aliphatic rings. The van der Waals surface area contributed by atoms with Gasteiger partial charge in [-0.05, 0) is 11.5 Å². The molecule has 0 spiro atoms. The Morgan fingerprint density at radius 1 is 1.14 bits per heavy atom. The van der Waals surface area contributed by atoms with Crippen LogP contribution >= 0.6 is 0 Å². The Kier molecular flexibility index (Phi) is 3.31. The molecule has 5 nitrogen and oxygen atoms in total. The third-order valence-electron chi connectivity index (χ3n) is 3.39. The number of ether oxygens (including phenoxy) is 1. The molecular weight excluding hydrogens is 268 g/mol. The van der Waals surface area contributed by atoms with E-state index in [-0.39, 0.29) is 12.5 Å². The van der Waals surface area contributed by atoms with Crippen molar-refractivity contribution in [3.8, 4) is 0 Å². The van der Waals surface area contributed by atoms with Crippen molar-refractivity contribution in [2.45, 2.75) is 0 Å². The van der Waals surface area contributed by atoms with E-state index in [9.17, 15) is 9.59 Å². The van der Waals surface area contributed by atoms with Gasteiger partial charge >= 0.3 is 5.97 Å². The van der Waals surface area contributed by atoms with Crippen LogP contribution in [0.15, 0.2) is 42.5 Å². The number of aromatic amines is 1. The summed E-state index contributed by atoms with van der Waals surface area (Å²) in [5.74, 6) is -0.814. The first-order valence-corrected chi connectivity index (χ1v) is 6.54. The van der Waals surface area contributed by atoms with Gasteiger partial charge in [0.05, 0.1) is 12.6 Å². The van der Waals surface area contributed by atoms with E-state index in [2.05, 4.69) is 15.0 Å². The maximum absolute atomic E-state index is 12.0. The molecule has 0 saturated carbocycles. The van der Waals surface area contributed by atoms with Crippen LogP contribution < -0.4 is 5.32 Å². The summed E-state index contributed by atoms with van der Waals surface area (Å²) in [5.41, 5.74) is 1.33. The number of H-pyrrole nitrogens is 1. The van der Waals surface area contributed by atoms with Crippen molar-refractivity contribution in [3.63, 3.8) is 0 Å². The van der Waals surface area contributed by atoms with Crippen LogP contribution in [-0.2, 0) is 9.53 Å². The highest BCUT2D eigenvalue weighted by Crippen LogP contribution is 2.25. The average Bonchev–Trinajstić information content (AvgIpc) is 2.96. The van der Waals surface area contributed by atoms with Gasteiger partial charge < -0.3 is 15.0 Å². The fraction of sp³-hybridized carbons (Fsp3) is 0.125. The summed E-state index contributed by atoms with van der Waals surface area (Å²) in [5, 5.41) is 5.63. The number of amides is 1. The molecule has 3 aromatic rings. The molecule has 0 fully saturated rings. The maximum atomic E-state index is 12.0. The minimum absolute atomic E-state index is 0.147. The summed E-state index contributed by atoms with van der Waals surface area (Å²) in [6.45, 7) is -0.147. The first kappa shape index (κ1) is 13.2. The van der Waals surface area contributed by atoms with Gasteiger partial charge in [0.15, 0.2) is 0 Å². The van der Waals surface area contributed by atoms with E-state index in [1.807, 2.05) is 36.4 Å². The number of hydrogen-bond acceptors (Lipinski definition) is 3. The molecule has 5 heteroatoms. The molecular formula is C16H14N2O3. The summed E-state index contributed by atoms with van der Waals surface area (Å²) in [6, 6.07) is 13.7. The number of rotatable bonds is 3. The molecule has 1 aromatic heterocycles. The van der Waals surface area contributed by atoms with E-state index in [1.54, 1.807) is 6.07 Å². The Bertz CT molecular complexity index is 836. The van der Waals surface area contributed by atoms with Crippen molar-refractivity contribution >= 4 is 33.6 Å². The smallest absolute Gasteiger partial charge is 0.325 e. The highest BCUT2D eigenvalue weighted by molar-refractivity contribution is 6.09. The van der Waals surface area contributed by atoms with Crippen molar-refractivity contribution in [1.82, 2.24) is 10.3 Å². The number of benzene rings is 2. The third kappa shape index (κ3) is 2.45. The molecule has 0 saturated heterocycles. The molecule has 0 radical (unpaired) electrons. The van der Waals surface area contributed by atoms with Gasteiger partial charge in [-0.3, -0.25) is 9.59 Å². The lowest BCUT2D eigenvalue weighted by atomic mass is 10.1. The molecule has 1 heterocycles. The second-order valence-electron chi connectivity index (χ2n) is 4.69. The summed E-state index contributed by atoms with van der Waals surface area (Å²) in [4.78, 5) is 26.2. The van der Waals surface area contributed by atoms with Gasteiger partial charge in [-0.15, -0.1) is 0 Å². The minimum atomic E-state index is -0.482. The highest BCUT2D eigenvalue weighted by Gasteiger charge is 2.12. The molecule has 0 aliphatic carbocycles. The van der Waals surface area contributed by atoms with Crippen LogP contribution in [0.4, 0.5) is 0 Å². The van der Waals surface area contributed by atoms with Gasteiger partial charge in [0.1, 0.15) is 12.2 Å². The number of methoxy groups -OCH3 is 1. The first-order chi connectivity index (χ1) is 10.2. The molecule has 106 valence electrons. The van der Waals surface area contributed by atoms with Crippen LogP contribution in [0.25, 0.3) is 21.7 Å². The van der Waals surface area contributed by atoms with Gasteiger partial charge in [-0.1, -0.05) is 36.4 Å². The Balaban J connectivity index is 1.95. The van der Waals surface area contributed by atoms with Gasteiger partial charge in [-0.25, -0.2) is 0 Å². The van der Waals surface area contributed by atoms with Gasteiger partial charge in [-0.2, -0.15) is 0 Å². The van der Waals surface area contributed by atoms with Crippen LogP contribution in [0.5, 0.6) is 0 Å². The number of hydrogen-bond donors (Lipinski definition) is 2. The maximum Gasteiger partial charge on any atom is 0.325 e. The molecule has 2 aromatic carbocycles. The van der Waals surface area contributed by atoms with Crippen LogP contribution in [0.1, 0.15) is 10.5 Å². The quantitative estimate of drug-likeness (QED) is 0.724. The summed E-state index contributed by atoms with van der Waals surface area (Å²) in [7, 11) is 1.28. The molecule has 2 N–H and O–H groups in total. The van der Waals surface area contributed by atoms with E-state index >= 15 is 0 Å². The van der Waals surface area contributed by atoms with Crippen molar-refractivity contribution < 1.29 is 14.3 Å². The van der Waals surface area contributed by atoms with Gasteiger partial charge in [0, 0.05) is 10.8 Å². The Labute approximate surface area is 120 Å². The lowest BCUT2D eigenvalue weighted by molar-refractivity contribution is -0.139. The van der Waals surface area contributed by atoms with Crippen molar-refractivity contribution in [2.24, 2.45) is 0 Å². The largest absolute Gasteiger partial charge is 0.468 e.